The van der Waals surface area contributed by atoms with E-state index in [1.165, 1.54) is 0 Å². The van der Waals surface area contributed by atoms with Gasteiger partial charge in [0, 0.05) is 36.1 Å². The molecule has 0 unspecified atom stereocenters. The summed E-state index contributed by atoms with van der Waals surface area (Å²) >= 11 is 5.91. The van der Waals surface area contributed by atoms with Crippen LogP contribution in [-0.4, -0.2) is 36.3 Å². The van der Waals surface area contributed by atoms with E-state index in [0.29, 0.717) is 30.2 Å². The van der Waals surface area contributed by atoms with Crippen molar-refractivity contribution in [3.05, 3.63) is 70.7 Å². The summed E-state index contributed by atoms with van der Waals surface area (Å²) in [4.78, 5) is 27.3. The molecule has 0 spiro atoms. The number of likely N-dealkylation sites (tertiary alicyclic amines) is 1. The summed E-state index contributed by atoms with van der Waals surface area (Å²) < 4.78 is 0. The van der Waals surface area contributed by atoms with E-state index < -0.39 is 0 Å². The third-order valence-electron chi connectivity index (χ3n) is 4.81. The second-order valence-electron chi connectivity index (χ2n) is 6.63. The largest absolute Gasteiger partial charge is 0.356 e. The van der Waals surface area contributed by atoms with Crippen LogP contribution in [-0.2, 0) is 4.79 Å². The minimum Gasteiger partial charge on any atom is -0.356 e. The molecular formula is C21H23ClN2O2. The fraction of sp³-hybridized carbons (Fsp3) is 0.333. The summed E-state index contributed by atoms with van der Waals surface area (Å²) in [6.45, 7) is 3.65. The van der Waals surface area contributed by atoms with Crippen molar-refractivity contribution in [2.45, 2.75) is 19.3 Å². The Hall–Kier alpha value is -2.33. The topological polar surface area (TPSA) is 49.4 Å². The SMILES string of the molecule is CCCNC(=O)[C@H]1CN(C(=O)c2ccc(Cl)cc2)C[C@@H]1c1ccccc1. The molecule has 1 saturated heterocycles. The molecule has 0 aromatic heterocycles. The Morgan fingerprint density at radius 1 is 1.08 bits per heavy atom. The van der Waals surface area contributed by atoms with E-state index >= 15 is 0 Å². The molecule has 1 fully saturated rings. The summed E-state index contributed by atoms with van der Waals surface area (Å²) in [5.74, 6) is -0.273. The number of amides is 2. The highest BCUT2D eigenvalue weighted by molar-refractivity contribution is 6.30. The first kappa shape index (κ1) is 18.5. The second-order valence-corrected chi connectivity index (χ2v) is 7.07. The molecule has 0 bridgehead atoms. The summed E-state index contributed by atoms with van der Waals surface area (Å²) in [5, 5.41) is 3.59. The van der Waals surface area contributed by atoms with Gasteiger partial charge in [0.15, 0.2) is 0 Å². The highest BCUT2D eigenvalue weighted by Gasteiger charge is 2.40. The number of hydrogen-bond donors (Lipinski definition) is 1. The average molecular weight is 371 g/mol. The molecule has 3 rings (SSSR count). The number of halogens is 1. The van der Waals surface area contributed by atoms with Gasteiger partial charge in [0.1, 0.15) is 0 Å². The summed E-state index contributed by atoms with van der Waals surface area (Å²) in [5.41, 5.74) is 1.69. The molecule has 1 N–H and O–H groups in total. The molecule has 0 radical (unpaired) electrons. The molecule has 5 heteroatoms. The number of benzene rings is 2. The predicted octanol–water partition coefficient (Wildman–Crippen LogP) is 3.72. The molecule has 26 heavy (non-hydrogen) atoms. The molecule has 136 valence electrons. The Morgan fingerprint density at radius 3 is 2.42 bits per heavy atom. The standard InChI is InChI=1S/C21H23ClN2O2/c1-2-12-23-20(25)19-14-24(13-18(19)15-6-4-3-5-7-15)21(26)16-8-10-17(22)11-9-16/h3-11,18-19H,2,12-14H2,1H3,(H,23,25)/t18-,19+/m1/s1. The maximum absolute atomic E-state index is 12.9. The van der Waals surface area contributed by atoms with Crippen LogP contribution in [0.15, 0.2) is 54.6 Å². The van der Waals surface area contributed by atoms with Gasteiger partial charge in [0.25, 0.3) is 5.91 Å². The van der Waals surface area contributed by atoms with Crippen molar-refractivity contribution < 1.29 is 9.59 Å². The van der Waals surface area contributed by atoms with Crippen molar-refractivity contribution in [3.63, 3.8) is 0 Å². The van der Waals surface area contributed by atoms with Crippen molar-refractivity contribution in [1.29, 1.82) is 0 Å². The Morgan fingerprint density at radius 2 is 1.77 bits per heavy atom. The molecule has 4 nitrogen and oxygen atoms in total. The number of carbonyl (C=O) groups is 2. The third kappa shape index (κ3) is 4.07. The van der Waals surface area contributed by atoms with Crippen LogP contribution in [0.1, 0.15) is 35.2 Å². The highest BCUT2D eigenvalue weighted by Crippen LogP contribution is 2.33. The lowest BCUT2D eigenvalue weighted by Gasteiger charge is -2.17. The van der Waals surface area contributed by atoms with Gasteiger partial charge in [-0.2, -0.15) is 0 Å². The molecular weight excluding hydrogens is 348 g/mol. The zero-order valence-corrected chi connectivity index (χ0v) is 15.6. The first-order valence-corrected chi connectivity index (χ1v) is 9.35. The predicted molar refractivity (Wildman–Crippen MR) is 103 cm³/mol. The molecule has 1 heterocycles. The molecule has 1 aliphatic rings. The van der Waals surface area contributed by atoms with E-state index in [1.54, 1.807) is 29.2 Å². The number of carbonyl (C=O) groups excluding carboxylic acids is 2. The summed E-state index contributed by atoms with van der Waals surface area (Å²) in [7, 11) is 0. The molecule has 2 aromatic rings. The molecule has 2 aromatic carbocycles. The van der Waals surface area contributed by atoms with Gasteiger partial charge in [-0.1, -0.05) is 48.9 Å². The minimum atomic E-state index is -0.236. The van der Waals surface area contributed by atoms with E-state index in [4.69, 9.17) is 11.6 Å². The van der Waals surface area contributed by atoms with Crippen LogP contribution in [0.4, 0.5) is 0 Å². The Kier molecular flexibility index (Phi) is 5.94. The Balaban J connectivity index is 1.82. The van der Waals surface area contributed by atoms with Crippen molar-refractivity contribution in [3.8, 4) is 0 Å². The van der Waals surface area contributed by atoms with Gasteiger partial charge in [-0.15, -0.1) is 0 Å². The van der Waals surface area contributed by atoms with Gasteiger partial charge in [-0.05, 0) is 36.2 Å². The van der Waals surface area contributed by atoms with Crippen LogP contribution in [0.5, 0.6) is 0 Å². The average Bonchev–Trinajstić information content (AvgIpc) is 3.12. The van der Waals surface area contributed by atoms with Gasteiger partial charge in [-0.25, -0.2) is 0 Å². The van der Waals surface area contributed by atoms with Gasteiger partial charge in [0.05, 0.1) is 5.92 Å². The van der Waals surface area contributed by atoms with Crippen molar-refractivity contribution in [2.24, 2.45) is 5.92 Å². The molecule has 2 atom stereocenters. The lowest BCUT2D eigenvalue weighted by molar-refractivity contribution is -0.124. The van der Waals surface area contributed by atoms with Crippen LogP contribution < -0.4 is 5.32 Å². The number of nitrogens with one attached hydrogen (secondary N) is 1. The third-order valence-corrected chi connectivity index (χ3v) is 5.06. The fourth-order valence-corrected chi connectivity index (χ4v) is 3.55. The quantitative estimate of drug-likeness (QED) is 0.871. The Bertz CT molecular complexity index is 761. The van der Waals surface area contributed by atoms with Gasteiger partial charge < -0.3 is 10.2 Å². The van der Waals surface area contributed by atoms with Crippen LogP contribution in [0, 0.1) is 5.92 Å². The van der Waals surface area contributed by atoms with Gasteiger partial charge in [-0.3, -0.25) is 9.59 Å². The normalized spacial score (nSPS) is 19.4. The lowest BCUT2D eigenvalue weighted by atomic mass is 9.88. The number of hydrogen-bond acceptors (Lipinski definition) is 2. The summed E-state index contributed by atoms with van der Waals surface area (Å²) in [6, 6.07) is 16.8. The van der Waals surface area contributed by atoms with Crippen molar-refractivity contribution in [1.82, 2.24) is 10.2 Å². The van der Waals surface area contributed by atoms with Crippen LogP contribution >= 0.6 is 11.6 Å². The highest BCUT2D eigenvalue weighted by atomic mass is 35.5. The van der Waals surface area contributed by atoms with E-state index in [9.17, 15) is 9.59 Å². The summed E-state index contributed by atoms with van der Waals surface area (Å²) in [6.07, 6.45) is 0.891. The monoisotopic (exact) mass is 370 g/mol. The first-order valence-electron chi connectivity index (χ1n) is 8.97. The van der Waals surface area contributed by atoms with Crippen molar-refractivity contribution >= 4 is 23.4 Å². The zero-order valence-electron chi connectivity index (χ0n) is 14.8. The second kappa shape index (κ2) is 8.37. The minimum absolute atomic E-state index is 0.00399. The molecule has 1 aliphatic heterocycles. The first-order chi connectivity index (χ1) is 12.6. The van der Waals surface area contributed by atoms with E-state index in [-0.39, 0.29) is 23.7 Å². The number of rotatable bonds is 5. The lowest BCUT2D eigenvalue weighted by Crippen LogP contribution is -2.36. The van der Waals surface area contributed by atoms with Crippen molar-refractivity contribution in [2.75, 3.05) is 19.6 Å². The molecule has 2 amide bonds. The molecule has 0 aliphatic carbocycles. The maximum atomic E-state index is 12.9. The Labute approximate surface area is 159 Å². The van der Waals surface area contributed by atoms with E-state index in [2.05, 4.69) is 5.32 Å². The van der Waals surface area contributed by atoms with E-state index in [0.717, 1.165) is 12.0 Å². The van der Waals surface area contributed by atoms with E-state index in [1.807, 2.05) is 37.3 Å². The molecule has 0 saturated carbocycles. The number of nitrogens with zero attached hydrogens (tertiary/aromatic N) is 1. The van der Waals surface area contributed by atoms with Gasteiger partial charge >= 0.3 is 0 Å². The van der Waals surface area contributed by atoms with Crippen LogP contribution in [0.2, 0.25) is 5.02 Å². The zero-order chi connectivity index (χ0) is 18.5. The smallest absolute Gasteiger partial charge is 0.253 e. The fourth-order valence-electron chi connectivity index (χ4n) is 3.43. The van der Waals surface area contributed by atoms with Crippen LogP contribution in [0.3, 0.4) is 0 Å². The maximum Gasteiger partial charge on any atom is 0.253 e. The van der Waals surface area contributed by atoms with Gasteiger partial charge in [0.2, 0.25) is 5.91 Å². The van der Waals surface area contributed by atoms with Crippen LogP contribution in [0.25, 0.3) is 0 Å².